The maximum absolute atomic E-state index is 13.0. The molecule has 10 heteroatoms. The second kappa shape index (κ2) is 11.9. The van der Waals surface area contributed by atoms with Gasteiger partial charge in [0.2, 0.25) is 5.91 Å². The normalized spacial score (nSPS) is 19.9. The predicted octanol–water partition coefficient (Wildman–Crippen LogP) is 3.58. The molecule has 0 bridgehead atoms. The number of aliphatic imine (C=N–C) groups is 1. The van der Waals surface area contributed by atoms with Crippen LogP contribution in [-0.4, -0.2) is 56.6 Å². The van der Waals surface area contributed by atoms with Gasteiger partial charge in [-0.15, -0.1) is 24.0 Å². The molecule has 1 saturated carbocycles. The number of alkyl halides is 3. The molecule has 1 aromatic carbocycles. The zero-order valence-electron chi connectivity index (χ0n) is 17.6. The Morgan fingerprint density at radius 1 is 1.26 bits per heavy atom. The molecule has 1 atom stereocenters. The van der Waals surface area contributed by atoms with E-state index in [2.05, 4.69) is 15.6 Å². The van der Waals surface area contributed by atoms with Gasteiger partial charge in [0.25, 0.3) is 0 Å². The first kappa shape index (κ1) is 25.7. The van der Waals surface area contributed by atoms with E-state index in [4.69, 9.17) is 4.74 Å². The second-order valence-corrected chi connectivity index (χ2v) is 7.68. The Kier molecular flexibility index (Phi) is 9.86. The molecule has 3 rings (SSSR count). The minimum atomic E-state index is -4.38. The summed E-state index contributed by atoms with van der Waals surface area (Å²) < 4.78 is 44.7. The Bertz CT molecular complexity index is 756. The summed E-state index contributed by atoms with van der Waals surface area (Å²) in [5.74, 6) is 1.01. The van der Waals surface area contributed by atoms with Gasteiger partial charge in [-0.05, 0) is 37.0 Å². The molecule has 0 aromatic heterocycles. The molecule has 2 fully saturated rings. The Morgan fingerprint density at radius 2 is 2.00 bits per heavy atom. The third kappa shape index (κ3) is 7.23. The van der Waals surface area contributed by atoms with Crippen LogP contribution in [0.2, 0.25) is 0 Å². The van der Waals surface area contributed by atoms with Crippen LogP contribution < -0.4 is 10.6 Å². The summed E-state index contributed by atoms with van der Waals surface area (Å²) in [5.41, 5.74) is -0.170. The number of halogens is 4. The molecule has 6 nitrogen and oxygen atoms in total. The van der Waals surface area contributed by atoms with Crippen molar-refractivity contribution < 1.29 is 22.7 Å². The number of carbonyl (C=O) groups excluding carboxylic acids is 1. The molecular weight excluding hydrogens is 524 g/mol. The first-order valence-corrected chi connectivity index (χ1v) is 10.4. The number of rotatable bonds is 6. The van der Waals surface area contributed by atoms with Crippen molar-refractivity contribution in [2.45, 2.75) is 38.0 Å². The third-order valence-electron chi connectivity index (χ3n) is 5.58. The molecule has 0 spiro atoms. The van der Waals surface area contributed by atoms with E-state index < -0.39 is 17.8 Å². The number of benzene rings is 1. The van der Waals surface area contributed by atoms with Gasteiger partial charge in [-0.25, -0.2) is 0 Å². The van der Waals surface area contributed by atoms with Gasteiger partial charge in [0.15, 0.2) is 5.96 Å². The van der Waals surface area contributed by atoms with E-state index in [9.17, 15) is 18.0 Å². The molecule has 1 saturated heterocycles. The zero-order chi connectivity index (χ0) is 21.6. The van der Waals surface area contributed by atoms with Gasteiger partial charge in [-0.3, -0.25) is 9.79 Å². The van der Waals surface area contributed by atoms with Crippen LogP contribution in [0.3, 0.4) is 0 Å². The van der Waals surface area contributed by atoms with Crippen molar-refractivity contribution in [2.75, 3.05) is 39.8 Å². The van der Waals surface area contributed by atoms with Crippen molar-refractivity contribution in [3.05, 3.63) is 35.4 Å². The molecule has 1 unspecified atom stereocenters. The molecule has 174 valence electrons. The number of hydrogen-bond acceptors (Lipinski definition) is 3. The van der Waals surface area contributed by atoms with Crippen molar-refractivity contribution in [2.24, 2.45) is 10.9 Å². The Hall–Kier alpha value is -1.56. The van der Waals surface area contributed by atoms with E-state index in [1.54, 1.807) is 13.1 Å². The van der Waals surface area contributed by atoms with E-state index in [1.807, 2.05) is 4.90 Å². The number of amides is 1. The molecule has 1 aliphatic carbocycles. The fourth-order valence-corrected chi connectivity index (χ4v) is 3.61. The highest BCUT2D eigenvalue weighted by Gasteiger charge is 2.32. The minimum Gasteiger partial charge on any atom is -0.370 e. The molecule has 0 radical (unpaired) electrons. The van der Waals surface area contributed by atoms with Crippen LogP contribution in [0.1, 0.15) is 42.9 Å². The van der Waals surface area contributed by atoms with Crippen molar-refractivity contribution in [3.63, 3.8) is 0 Å². The fourth-order valence-electron chi connectivity index (χ4n) is 3.61. The van der Waals surface area contributed by atoms with Gasteiger partial charge in [0, 0.05) is 32.6 Å². The van der Waals surface area contributed by atoms with Gasteiger partial charge in [-0.1, -0.05) is 18.6 Å². The van der Waals surface area contributed by atoms with E-state index in [0.717, 1.165) is 37.8 Å². The van der Waals surface area contributed by atoms with E-state index in [-0.39, 0.29) is 35.8 Å². The number of carbonyl (C=O) groups is 1. The smallest absolute Gasteiger partial charge is 0.370 e. The topological polar surface area (TPSA) is 66.0 Å². The number of ether oxygens (including phenoxy) is 1. The molecule has 1 heterocycles. The van der Waals surface area contributed by atoms with Crippen molar-refractivity contribution in [3.8, 4) is 0 Å². The van der Waals surface area contributed by atoms with Crippen molar-refractivity contribution in [1.82, 2.24) is 15.5 Å². The van der Waals surface area contributed by atoms with Crippen LogP contribution in [-0.2, 0) is 15.7 Å². The highest BCUT2D eigenvalue weighted by atomic mass is 127. The first-order valence-electron chi connectivity index (χ1n) is 10.4. The van der Waals surface area contributed by atoms with Crippen molar-refractivity contribution >= 4 is 35.8 Å². The zero-order valence-corrected chi connectivity index (χ0v) is 19.9. The second-order valence-electron chi connectivity index (χ2n) is 7.68. The lowest BCUT2D eigenvalue weighted by Gasteiger charge is -2.35. The van der Waals surface area contributed by atoms with Gasteiger partial charge >= 0.3 is 6.18 Å². The average Bonchev–Trinajstić information content (AvgIpc) is 2.69. The summed E-state index contributed by atoms with van der Waals surface area (Å²) >= 11 is 0. The lowest BCUT2D eigenvalue weighted by molar-refractivity contribution is -0.137. The maximum atomic E-state index is 13.0. The number of nitrogens with zero attached hydrogens (tertiary/aromatic N) is 2. The predicted molar refractivity (Wildman–Crippen MR) is 123 cm³/mol. The summed E-state index contributed by atoms with van der Waals surface area (Å²) in [6.45, 7) is 2.67. The van der Waals surface area contributed by atoms with Gasteiger partial charge in [0.1, 0.15) is 6.10 Å². The van der Waals surface area contributed by atoms with E-state index in [0.29, 0.717) is 44.3 Å². The quantitative estimate of drug-likeness (QED) is 0.244. The van der Waals surface area contributed by atoms with Crippen LogP contribution in [0.5, 0.6) is 0 Å². The minimum absolute atomic E-state index is 0. The third-order valence-corrected chi connectivity index (χ3v) is 5.58. The Balaban J connectivity index is 0.00000341. The molecule has 2 aliphatic rings. The Labute approximate surface area is 198 Å². The Morgan fingerprint density at radius 3 is 2.65 bits per heavy atom. The molecule has 1 amide bonds. The summed E-state index contributed by atoms with van der Waals surface area (Å²) in [4.78, 5) is 18.1. The fraction of sp³-hybridized carbons (Fsp3) is 0.619. The summed E-state index contributed by atoms with van der Waals surface area (Å²) in [6.07, 6.45) is -0.964. The average molecular weight is 554 g/mol. The van der Waals surface area contributed by atoms with Crippen LogP contribution in [0.15, 0.2) is 29.3 Å². The largest absolute Gasteiger partial charge is 0.416 e. The first-order chi connectivity index (χ1) is 14.4. The van der Waals surface area contributed by atoms with Gasteiger partial charge in [0.05, 0.1) is 18.7 Å². The summed E-state index contributed by atoms with van der Waals surface area (Å²) in [6, 6.07) is 5.28. The highest BCUT2D eigenvalue weighted by Crippen LogP contribution is 2.32. The standard InChI is InChI=1S/C21H29F3N4O2.HI/c1-25-20(27-10-4-9-26-19(29)15-5-2-6-15)28-11-12-30-18(14-28)16-7-3-8-17(13-16)21(22,23)24;/h3,7-8,13,15,18H,2,4-6,9-12,14H2,1H3,(H,25,27)(H,26,29);1H. The van der Waals surface area contributed by atoms with Crippen LogP contribution >= 0.6 is 24.0 Å². The lowest BCUT2D eigenvalue weighted by atomic mass is 9.85. The van der Waals surface area contributed by atoms with Gasteiger partial charge < -0.3 is 20.3 Å². The van der Waals surface area contributed by atoms with Crippen LogP contribution in [0, 0.1) is 5.92 Å². The lowest BCUT2D eigenvalue weighted by Crippen LogP contribution is -2.48. The van der Waals surface area contributed by atoms with E-state index in [1.165, 1.54) is 6.07 Å². The molecular formula is C21H30F3IN4O2. The molecule has 31 heavy (non-hydrogen) atoms. The number of guanidine groups is 1. The molecule has 1 aliphatic heterocycles. The number of morpholine rings is 1. The van der Waals surface area contributed by atoms with Crippen molar-refractivity contribution in [1.29, 1.82) is 0 Å². The number of nitrogens with one attached hydrogen (secondary N) is 2. The van der Waals surface area contributed by atoms with Crippen LogP contribution in [0.25, 0.3) is 0 Å². The summed E-state index contributed by atoms with van der Waals surface area (Å²) in [5, 5.41) is 6.22. The van der Waals surface area contributed by atoms with E-state index >= 15 is 0 Å². The monoisotopic (exact) mass is 554 g/mol. The van der Waals surface area contributed by atoms with Crippen LogP contribution in [0.4, 0.5) is 13.2 Å². The molecule has 1 aromatic rings. The summed E-state index contributed by atoms with van der Waals surface area (Å²) in [7, 11) is 1.68. The SMILES string of the molecule is CN=C(NCCCNC(=O)C1CCC1)N1CCOC(c2cccc(C(F)(F)F)c2)C1.I. The maximum Gasteiger partial charge on any atom is 0.416 e. The number of hydrogen-bond donors (Lipinski definition) is 2. The highest BCUT2D eigenvalue weighted by molar-refractivity contribution is 14.0. The van der Waals surface area contributed by atoms with Gasteiger partial charge in [-0.2, -0.15) is 13.2 Å². The molecule has 2 N–H and O–H groups in total.